The van der Waals surface area contributed by atoms with E-state index in [-0.39, 0.29) is 29.7 Å². The van der Waals surface area contributed by atoms with Crippen molar-refractivity contribution in [2.45, 2.75) is 19.4 Å². The van der Waals surface area contributed by atoms with Crippen LogP contribution in [0.2, 0.25) is 0 Å². The molecule has 1 heterocycles. The van der Waals surface area contributed by atoms with E-state index >= 15 is 0 Å². The fraction of sp³-hybridized carbons (Fsp3) is 0.438. The van der Waals surface area contributed by atoms with Gasteiger partial charge in [0.15, 0.2) is 0 Å². The van der Waals surface area contributed by atoms with Crippen LogP contribution in [0.15, 0.2) is 24.3 Å². The molecule has 1 aromatic carbocycles. The van der Waals surface area contributed by atoms with Gasteiger partial charge < -0.3 is 14.9 Å². The molecule has 22 heavy (non-hydrogen) atoms. The molecule has 1 aliphatic heterocycles. The van der Waals surface area contributed by atoms with Gasteiger partial charge in [0, 0.05) is 39.5 Å². The second-order valence-corrected chi connectivity index (χ2v) is 5.70. The number of rotatable bonds is 4. The van der Waals surface area contributed by atoms with Gasteiger partial charge in [-0.15, -0.1) is 0 Å². The van der Waals surface area contributed by atoms with E-state index in [9.17, 15) is 14.4 Å². The number of amides is 2. The maximum absolute atomic E-state index is 12.4. The lowest BCUT2D eigenvalue weighted by Crippen LogP contribution is -2.42. The van der Waals surface area contributed by atoms with Crippen molar-refractivity contribution in [2.75, 3.05) is 20.6 Å². The van der Waals surface area contributed by atoms with Crippen molar-refractivity contribution in [3.63, 3.8) is 0 Å². The number of hydrogen-bond acceptors (Lipinski definition) is 3. The summed E-state index contributed by atoms with van der Waals surface area (Å²) in [4.78, 5) is 38.1. The Balaban J connectivity index is 1.96. The van der Waals surface area contributed by atoms with Crippen molar-refractivity contribution in [1.82, 2.24) is 9.80 Å². The Morgan fingerprint density at radius 3 is 2.50 bits per heavy atom. The lowest BCUT2D eigenvalue weighted by molar-refractivity contribution is -0.143. The van der Waals surface area contributed by atoms with E-state index in [4.69, 9.17) is 5.11 Å². The zero-order chi connectivity index (χ0) is 16.3. The molecule has 1 aromatic rings. The number of carbonyl (C=O) groups excluding carboxylic acids is 2. The Labute approximate surface area is 129 Å². The van der Waals surface area contributed by atoms with Gasteiger partial charge in [-0.05, 0) is 24.1 Å². The highest BCUT2D eigenvalue weighted by Gasteiger charge is 2.30. The number of piperidine rings is 1. The first-order chi connectivity index (χ1) is 10.4. The molecule has 1 saturated heterocycles. The maximum Gasteiger partial charge on any atom is 0.335 e. The van der Waals surface area contributed by atoms with Crippen molar-refractivity contribution < 1.29 is 19.5 Å². The molecular weight excluding hydrogens is 284 g/mol. The van der Waals surface area contributed by atoms with E-state index in [1.54, 1.807) is 36.0 Å². The Morgan fingerprint density at radius 2 is 1.95 bits per heavy atom. The Hall–Kier alpha value is -2.37. The molecule has 0 unspecified atom stereocenters. The number of aromatic carboxylic acids is 1. The summed E-state index contributed by atoms with van der Waals surface area (Å²) in [6.07, 6.45) is 0.945. The van der Waals surface area contributed by atoms with Gasteiger partial charge in [-0.3, -0.25) is 9.59 Å². The van der Waals surface area contributed by atoms with Gasteiger partial charge in [0.25, 0.3) is 0 Å². The lowest BCUT2D eigenvalue weighted by atomic mass is 9.95. The first-order valence-corrected chi connectivity index (χ1v) is 7.19. The van der Waals surface area contributed by atoms with Crippen molar-refractivity contribution >= 4 is 17.8 Å². The van der Waals surface area contributed by atoms with Crippen molar-refractivity contribution in [2.24, 2.45) is 5.92 Å². The van der Waals surface area contributed by atoms with E-state index in [1.165, 1.54) is 12.1 Å². The first kappa shape index (κ1) is 16.0. The van der Waals surface area contributed by atoms with Gasteiger partial charge in [0.05, 0.1) is 5.56 Å². The standard InChI is InChI=1S/C16H20N2O4/c1-17-8-7-13(9-14(17)19)15(20)18(2)10-11-3-5-12(6-4-11)16(21)22/h3-6,13H,7-10H2,1-2H3,(H,21,22)/t13-/m1/s1. The summed E-state index contributed by atoms with van der Waals surface area (Å²) in [5.41, 5.74) is 1.08. The van der Waals surface area contributed by atoms with Crippen LogP contribution in [0.25, 0.3) is 0 Å². The Morgan fingerprint density at radius 1 is 1.32 bits per heavy atom. The molecule has 0 saturated carbocycles. The average Bonchev–Trinajstić information content (AvgIpc) is 2.49. The minimum absolute atomic E-state index is 0.00353. The van der Waals surface area contributed by atoms with Crippen LogP contribution >= 0.6 is 0 Å². The van der Waals surface area contributed by atoms with Crippen LogP contribution in [-0.4, -0.2) is 53.3 Å². The van der Waals surface area contributed by atoms with Gasteiger partial charge in [-0.25, -0.2) is 4.79 Å². The summed E-state index contributed by atoms with van der Waals surface area (Å²) >= 11 is 0. The molecule has 1 aliphatic rings. The molecule has 2 amide bonds. The molecule has 1 fully saturated rings. The van der Waals surface area contributed by atoms with Crippen LogP contribution in [0.5, 0.6) is 0 Å². The number of likely N-dealkylation sites (tertiary alicyclic amines) is 1. The predicted molar refractivity (Wildman–Crippen MR) is 80.2 cm³/mol. The Kier molecular flexibility index (Phi) is 4.80. The van der Waals surface area contributed by atoms with Gasteiger partial charge >= 0.3 is 5.97 Å². The molecule has 1 atom stereocenters. The average molecular weight is 304 g/mol. The molecular formula is C16H20N2O4. The number of carboxylic acids is 1. The normalized spacial score (nSPS) is 18.2. The summed E-state index contributed by atoms with van der Waals surface area (Å²) in [7, 11) is 3.45. The van der Waals surface area contributed by atoms with Gasteiger partial charge in [-0.2, -0.15) is 0 Å². The third kappa shape index (κ3) is 3.63. The molecule has 0 aliphatic carbocycles. The second kappa shape index (κ2) is 6.60. The van der Waals surface area contributed by atoms with Crippen LogP contribution in [0.3, 0.4) is 0 Å². The SMILES string of the molecule is CN1CC[C@@H](C(=O)N(C)Cc2ccc(C(=O)O)cc2)CC1=O. The molecule has 0 aromatic heterocycles. The topological polar surface area (TPSA) is 77.9 Å². The molecule has 2 rings (SSSR count). The maximum atomic E-state index is 12.4. The fourth-order valence-corrected chi connectivity index (χ4v) is 2.57. The highest BCUT2D eigenvalue weighted by atomic mass is 16.4. The molecule has 0 bridgehead atoms. The summed E-state index contributed by atoms with van der Waals surface area (Å²) in [5.74, 6) is -1.26. The van der Waals surface area contributed by atoms with Crippen molar-refractivity contribution in [3.05, 3.63) is 35.4 Å². The monoisotopic (exact) mass is 304 g/mol. The summed E-state index contributed by atoms with van der Waals surface area (Å²) in [6, 6.07) is 6.45. The fourth-order valence-electron chi connectivity index (χ4n) is 2.57. The largest absolute Gasteiger partial charge is 0.478 e. The molecule has 0 radical (unpaired) electrons. The van der Waals surface area contributed by atoms with Crippen LogP contribution in [0.1, 0.15) is 28.8 Å². The third-order valence-electron chi connectivity index (χ3n) is 4.01. The zero-order valence-corrected chi connectivity index (χ0v) is 12.8. The zero-order valence-electron chi connectivity index (χ0n) is 12.8. The van der Waals surface area contributed by atoms with Crippen molar-refractivity contribution in [3.8, 4) is 0 Å². The molecule has 6 heteroatoms. The van der Waals surface area contributed by atoms with E-state index in [0.29, 0.717) is 19.5 Å². The van der Waals surface area contributed by atoms with Crippen LogP contribution < -0.4 is 0 Å². The predicted octanol–water partition coefficient (Wildman–Crippen LogP) is 1.21. The first-order valence-electron chi connectivity index (χ1n) is 7.19. The van der Waals surface area contributed by atoms with Crippen LogP contribution in [0, 0.1) is 5.92 Å². The van der Waals surface area contributed by atoms with E-state index in [2.05, 4.69) is 0 Å². The minimum atomic E-state index is -0.971. The number of carbonyl (C=O) groups is 3. The number of hydrogen-bond donors (Lipinski definition) is 1. The quantitative estimate of drug-likeness (QED) is 0.907. The highest BCUT2D eigenvalue weighted by molar-refractivity contribution is 5.88. The number of carboxylic acid groups (broad SMARTS) is 1. The van der Waals surface area contributed by atoms with Gasteiger partial charge in [0.2, 0.25) is 11.8 Å². The van der Waals surface area contributed by atoms with E-state index < -0.39 is 5.97 Å². The van der Waals surface area contributed by atoms with Crippen LogP contribution in [0.4, 0.5) is 0 Å². The lowest BCUT2D eigenvalue weighted by Gasteiger charge is -2.30. The molecule has 118 valence electrons. The number of nitrogens with zero attached hydrogens (tertiary/aromatic N) is 2. The summed E-state index contributed by atoms with van der Waals surface area (Å²) in [5, 5.41) is 8.86. The van der Waals surface area contributed by atoms with Gasteiger partial charge in [0.1, 0.15) is 0 Å². The summed E-state index contributed by atoms with van der Waals surface area (Å²) in [6.45, 7) is 1.01. The Bertz CT molecular complexity index is 582. The minimum Gasteiger partial charge on any atom is -0.478 e. The smallest absolute Gasteiger partial charge is 0.335 e. The second-order valence-electron chi connectivity index (χ2n) is 5.70. The molecule has 0 spiro atoms. The van der Waals surface area contributed by atoms with Crippen LogP contribution in [-0.2, 0) is 16.1 Å². The molecule has 6 nitrogen and oxygen atoms in total. The highest BCUT2D eigenvalue weighted by Crippen LogP contribution is 2.20. The molecule has 1 N–H and O–H groups in total. The summed E-state index contributed by atoms with van der Waals surface area (Å²) < 4.78 is 0. The van der Waals surface area contributed by atoms with E-state index in [1.807, 2.05) is 0 Å². The number of benzene rings is 1. The van der Waals surface area contributed by atoms with Crippen molar-refractivity contribution in [1.29, 1.82) is 0 Å². The van der Waals surface area contributed by atoms with Gasteiger partial charge in [-0.1, -0.05) is 12.1 Å². The van der Waals surface area contributed by atoms with E-state index in [0.717, 1.165) is 5.56 Å². The third-order valence-corrected chi connectivity index (χ3v) is 4.01.